The number of amides is 1. The van der Waals surface area contributed by atoms with Gasteiger partial charge in [-0.3, -0.25) is 4.79 Å². The first-order valence-electron chi connectivity index (χ1n) is 6.10. The van der Waals surface area contributed by atoms with Crippen molar-refractivity contribution < 1.29 is 13.6 Å². The molecule has 3 nitrogen and oxygen atoms in total. The van der Waals surface area contributed by atoms with Gasteiger partial charge in [-0.2, -0.15) is 0 Å². The largest absolute Gasteiger partial charge is 0.331 e. The van der Waals surface area contributed by atoms with E-state index in [0.29, 0.717) is 0 Å². The summed E-state index contributed by atoms with van der Waals surface area (Å²) < 4.78 is 27.1. The molecule has 2 aliphatic rings. The minimum absolute atomic E-state index is 0.0568. The zero-order valence-corrected chi connectivity index (χ0v) is 9.77. The Labute approximate surface area is 104 Å². The molecule has 1 saturated heterocycles. The highest BCUT2D eigenvalue weighted by Crippen LogP contribution is 2.41. The summed E-state index contributed by atoms with van der Waals surface area (Å²) in [5, 5.41) is 0. The van der Waals surface area contributed by atoms with Crippen LogP contribution in [-0.4, -0.2) is 22.9 Å². The maximum atomic E-state index is 13.8. The van der Waals surface area contributed by atoms with Gasteiger partial charge in [0.1, 0.15) is 0 Å². The standard InChI is InChI=1S/C13H14F2N2O/c14-9-3-1-2-8(12(9)15)13-10(16)6-11(18)17(13)7-4-5-7/h1-3,7,10,13H,4-6,16H2. The van der Waals surface area contributed by atoms with Gasteiger partial charge in [-0.25, -0.2) is 8.78 Å². The van der Waals surface area contributed by atoms with Crippen LogP contribution in [0.1, 0.15) is 30.9 Å². The average Bonchev–Trinajstić information content (AvgIpc) is 3.09. The fraction of sp³-hybridized carbons (Fsp3) is 0.462. The van der Waals surface area contributed by atoms with Crippen LogP contribution in [0.4, 0.5) is 8.78 Å². The summed E-state index contributed by atoms with van der Waals surface area (Å²) in [5.41, 5.74) is 6.12. The van der Waals surface area contributed by atoms with Crippen LogP contribution in [0, 0.1) is 11.6 Å². The second kappa shape index (κ2) is 4.02. The minimum Gasteiger partial charge on any atom is -0.331 e. The third-order valence-corrected chi connectivity index (χ3v) is 3.64. The highest BCUT2D eigenvalue weighted by atomic mass is 19.2. The summed E-state index contributed by atoms with van der Waals surface area (Å²) in [6.45, 7) is 0. The van der Waals surface area contributed by atoms with E-state index in [4.69, 9.17) is 5.73 Å². The second-order valence-corrected chi connectivity index (χ2v) is 4.99. The lowest BCUT2D eigenvalue weighted by Gasteiger charge is -2.27. The fourth-order valence-corrected chi connectivity index (χ4v) is 2.69. The molecule has 0 spiro atoms. The Morgan fingerprint density at radius 1 is 1.28 bits per heavy atom. The van der Waals surface area contributed by atoms with Crippen LogP contribution in [0.15, 0.2) is 18.2 Å². The van der Waals surface area contributed by atoms with Crippen LogP contribution < -0.4 is 5.73 Å². The molecule has 1 aromatic carbocycles. The van der Waals surface area contributed by atoms with Gasteiger partial charge in [0.2, 0.25) is 5.91 Å². The number of hydrogen-bond donors (Lipinski definition) is 1. The van der Waals surface area contributed by atoms with Crippen LogP contribution in [0.2, 0.25) is 0 Å². The van der Waals surface area contributed by atoms with E-state index < -0.39 is 23.7 Å². The molecule has 0 aromatic heterocycles. The van der Waals surface area contributed by atoms with Gasteiger partial charge in [0.05, 0.1) is 6.04 Å². The lowest BCUT2D eigenvalue weighted by Crippen LogP contribution is -2.35. The Bertz CT molecular complexity index is 502. The summed E-state index contributed by atoms with van der Waals surface area (Å²) in [6, 6.07) is 3.20. The second-order valence-electron chi connectivity index (χ2n) is 4.99. The van der Waals surface area contributed by atoms with E-state index in [2.05, 4.69) is 0 Å². The summed E-state index contributed by atoms with van der Waals surface area (Å²) in [4.78, 5) is 13.5. The number of carbonyl (C=O) groups is 1. The normalized spacial score (nSPS) is 27.9. The lowest BCUT2D eigenvalue weighted by atomic mass is 10.00. The zero-order chi connectivity index (χ0) is 12.9. The van der Waals surface area contributed by atoms with E-state index in [1.165, 1.54) is 12.1 Å². The van der Waals surface area contributed by atoms with E-state index in [1.807, 2.05) is 0 Å². The number of rotatable bonds is 2. The van der Waals surface area contributed by atoms with E-state index in [0.717, 1.165) is 18.9 Å². The van der Waals surface area contributed by atoms with Gasteiger partial charge in [-0.1, -0.05) is 12.1 Å². The third-order valence-electron chi connectivity index (χ3n) is 3.64. The smallest absolute Gasteiger partial charge is 0.225 e. The van der Waals surface area contributed by atoms with E-state index in [1.54, 1.807) is 4.90 Å². The van der Waals surface area contributed by atoms with Gasteiger partial charge in [0.15, 0.2) is 11.6 Å². The molecule has 2 atom stereocenters. The molecule has 96 valence electrons. The number of carbonyl (C=O) groups excluding carboxylic acids is 1. The molecule has 0 radical (unpaired) electrons. The van der Waals surface area contributed by atoms with Crippen molar-refractivity contribution in [2.75, 3.05) is 0 Å². The van der Waals surface area contributed by atoms with Crippen LogP contribution >= 0.6 is 0 Å². The number of likely N-dealkylation sites (tertiary alicyclic amines) is 1. The fourth-order valence-electron chi connectivity index (χ4n) is 2.69. The van der Waals surface area contributed by atoms with Crippen molar-refractivity contribution in [3.8, 4) is 0 Å². The topological polar surface area (TPSA) is 46.3 Å². The van der Waals surface area contributed by atoms with Crippen molar-refractivity contribution in [2.24, 2.45) is 5.73 Å². The average molecular weight is 252 g/mol. The molecule has 2 N–H and O–H groups in total. The highest BCUT2D eigenvalue weighted by molar-refractivity contribution is 5.81. The van der Waals surface area contributed by atoms with Gasteiger partial charge in [0, 0.05) is 24.1 Å². The number of benzene rings is 1. The first-order valence-corrected chi connectivity index (χ1v) is 6.10. The molecular formula is C13H14F2N2O. The molecule has 1 aliphatic carbocycles. The van der Waals surface area contributed by atoms with Crippen molar-refractivity contribution >= 4 is 5.91 Å². The Morgan fingerprint density at radius 2 is 2.00 bits per heavy atom. The first-order chi connectivity index (χ1) is 8.59. The SMILES string of the molecule is NC1CC(=O)N(C2CC2)C1c1cccc(F)c1F. The quantitative estimate of drug-likeness (QED) is 0.871. The Hall–Kier alpha value is -1.49. The predicted octanol–water partition coefficient (Wildman–Crippen LogP) is 1.73. The number of nitrogens with zero attached hydrogens (tertiary/aromatic N) is 1. The highest BCUT2D eigenvalue weighted by Gasteiger charge is 2.46. The van der Waals surface area contributed by atoms with Gasteiger partial charge < -0.3 is 10.6 Å². The summed E-state index contributed by atoms with van der Waals surface area (Å²) in [5.74, 6) is -1.84. The van der Waals surface area contributed by atoms with E-state index >= 15 is 0 Å². The zero-order valence-electron chi connectivity index (χ0n) is 9.77. The molecule has 2 fully saturated rings. The van der Waals surface area contributed by atoms with Gasteiger partial charge in [0.25, 0.3) is 0 Å². The molecule has 18 heavy (non-hydrogen) atoms. The lowest BCUT2D eigenvalue weighted by molar-refractivity contribution is -0.129. The molecule has 1 aromatic rings. The molecule has 1 saturated carbocycles. The number of nitrogens with two attached hydrogens (primary N) is 1. The molecule has 1 aliphatic heterocycles. The van der Waals surface area contributed by atoms with Crippen LogP contribution in [0.25, 0.3) is 0 Å². The minimum atomic E-state index is -0.894. The maximum absolute atomic E-state index is 13.8. The molecule has 3 rings (SSSR count). The number of hydrogen-bond acceptors (Lipinski definition) is 2. The third kappa shape index (κ3) is 1.70. The van der Waals surface area contributed by atoms with Crippen LogP contribution in [0.3, 0.4) is 0 Å². The Balaban J connectivity index is 2.02. The molecule has 1 heterocycles. The number of halogens is 2. The van der Waals surface area contributed by atoms with Crippen LogP contribution in [-0.2, 0) is 4.79 Å². The van der Waals surface area contributed by atoms with Crippen molar-refractivity contribution in [1.82, 2.24) is 4.90 Å². The van der Waals surface area contributed by atoms with E-state index in [9.17, 15) is 13.6 Å². The molecule has 5 heteroatoms. The van der Waals surface area contributed by atoms with Gasteiger partial charge >= 0.3 is 0 Å². The molecular weight excluding hydrogens is 238 g/mol. The van der Waals surface area contributed by atoms with E-state index in [-0.39, 0.29) is 23.9 Å². The Morgan fingerprint density at radius 3 is 2.67 bits per heavy atom. The van der Waals surface area contributed by atoms with Gasteiger partial charge in [-0.15, -0.1) is 0 Å². The monoisotopic (exact) mass is 252 g/mol. The molecule has 0 bridgehead atoms. The first kappa shape index (κ1) is 11.6. The van der Waals surface area contributed by atoms with Gasteiger partial charge in [-0.05, 0) is 18.9 Å². The van der Waals surface area contributed by atoms with Crippen molar-refractivity contribution in [2.45, 2.75) is 37.4 Å². The molecule has 1 amide bonds. The summed E-state index contributed by atoms with van der Waals surface area (Å²) in [6.07, 6.45) is 2.05. The summed E-state index contributed by atoms with van der Waals surface area (Å²) in [7, 11) is 0. The Kier molecular flexibility index (Phi) is 2.59. The van der Waals surface area contributed by atoms with Crippen molar-refractivity contribution in [1.29, 1.82) is 0 Å². The van der Waals surface area contributed by atoms with Crippen molar-refractivity contribution in [3.05, 3.63) is 35.4 Å². The van der Waals surface area contributed by atoms with Crippen molar-refractivity contribution in [3.63, 3.8) is 0 Å². The predicted molar refractivity (Wildman–Crippen MR) is 61.6 cm³/mol. The molecule has 2 unspecified atom stereocenters. The summed E-state index contributed by atoms with van der Waals surface area (Å²) >= 11 is 0. The maximum Gasteiger partial charge on any atom is 0.225 e. The van der Waals surface area contributed by atoms with Crippen LogP contribution in [0.5, 0.6) is 0 Å².